The molecule has 2 aliphatic rings. The molecule has 2 rings (SSSR count). The molecule has 2 saturated carbocycles. The predicted octanol–water partition coefficient (Wildman–Crippen LogP) is 2.87. The molecule has 0 heterocycles. The molecule has 3 atom stereocenters. The Labute approximate surface area is 123 Å². The molecule has 112 valence electrons. The predicted molar refractivity (Wildman–Crippen MR) is 81.3 cm³/mol. The van der Waals surface area contributed by atoms with Crippen molar-refractivity contribution in [1.82, 2.24) is 5.32 Å². The first-order valence-electron chi connectivity index (χ1n) is 7.52. The van der Waals surface area contributed by atoms with Crippen LogP contribution in [0.3, 0.4) is 0 Å². The summed E-state index contributed by atoms with van der Waals surface area (Å²) in [6.45, 7) is 4.48. The highest BCUT2D eigenvalue weighted by Gasteiger charge is 2.35. The van der Waals surface area contributed by atoms with Gasteiger partial charge in [-0.25, -0.2) is 0 Å². The molecule has 0 radical (unpaired) electrons. The second kappa shape index (κ2) is 6.94. The average molecular weight is 289 g/mol. The molecule has 0 saturated heterocycles. The van der Waals surface area contributed by atoms with Gasteiger partial charge in [0.05, 0.1) is 0 Å². The van der Waals surface area contributed by atoms with E-state index in [1.807, 2.05) is 13.8 Å². The van der Waals surface area contributed by atoms with Gasteiger partial charge >= 0.3 is 0 Å². The van der Waals surface area contributed by atoms with Gasteiger partial charge in [-0.3, -0.25) is 4.79 Å². The normalized spacial score (nSPS) is 31.0. The monoisotopic (exact) mass is 288 g/mol. The van der Waals surface area contributed by atoms with Gasteiger partial charge in [0.15, 0.2) is 0 Å². The molecule has 2 fully saturated rings. The summed E-state index contributed by atoms with van der Waals surface area (Å²) in [5.74, 6) is 2.20. The molecule has 3 nitrogen and oxygen atoms in total. The van der Waals surface area contributed by atoms with E-state index in [4.69, 9.17) is 5.73 Å². The van der Waals surface area contributed by atoms with Gasteiger partial charge in [0.25, 0.3) is 0 Å². The lowest BCUT2D eigenvalue weighted by molar-refractivity contribution is -0.127. The first kappa shape index (κ1) is 16.8. The van der Waals surface area contributed by atoms with Crippen LogP contribution in [0.2, 0.25) is 0 Å². The zero-order chi connectivity index (χ0) is 13.2. The Morgan fingerprint density at radius 3 is 2.42 bits per heavy atom. The highest BCUT2D eigenvalue weighted by molar-refractivity contribution is 5.85. The van der Waals surface area contributed by atoms with Crippen LogP contribution >= 0.6 is 12.4 Å². The van der Waals surface area contributed by atoms with Crippen LogP contribution in [0.25, 0.3) is 0 Å². The highest BCUT2D eigenvalue weighted by atomic mass is 35.5. The summed E-state index contributed by atoms with van der Waals surface area (Å²) in [7, 11) is 0. The van der Waals surface area contributed by atoms with Crippen molar-refractivity contribution in [2.75, 3.05) is 6.54 Å². The van der Waals surface area contributed by atoms with Crippen molar-refractivity contribution >= 4 is 18.3 Å². The summed E-state index contributed by atoms with van der Waals surface area (Å²) in [4.78, 5) is 12.2. The maximum absolute atomic E-state index is 12.2. The summed E-state index contributed by atoms with van der Waals surface area (Å²) in [5, 5.41) is 3.02. The second-order valence-corrected chi connectivity index (χ2v) is 7.02. The molecule has 1 amide bonds. The van der Waals surface area contributed by atoms with Crippen molar-refractivity contribution in [3.63, 3.8) is 0 Å². The minimum absolute atomic E-state index is 0. The summed E-state index contributed by atoms with van der Waals surface area (Å²) in [6, 6.07) is 0. The second-order valence-electron chi connectivity index (χ2n) is 7.02. The van der Waals surface area contributed by atoms with Crippen molar-refractivity contribution in [1.29, 1.82) is 0 Å². The van der Waals surface area contributed by atoms with E-state index < -0.39 is 0 Å². The molecule has 4 heteroatoms. The van der Waals surface area contributed by atoms with Gasteiger partial charge in [0.1, 0.15) is 0 Å². The number of amides is 1. The summed E-state index contributed by atoms with van der Waals surface area (Å²) in [5.41, 5.74) is 5.60. The molecular weight excluding hydrogens is 260 g/mol. The Hall–Kier alpha value is -0.280. The summed E-state index contributed by atoms with van der Waals surface area (Å²) in [6.07, 6.45) is 8.96. The van der Waals surface area contributed by atoms with E-state index in [9.17, 15) is 4.79 Å². The molecule has 0 aromatic rings. The van der Waals surface area contributed by atoms with Crippen LogP contribution in [-0.2, 0) is 4.79 Å². The summed E-state index contributed by atoms with van der Waals surface area (Å²) >= 11 is 0. The molecule has 2 aliphatic carbocycles. The van der Waals surface area contributed by atoms with Crippen LogP contribution in [0.5, 0.6) is 0 Å². The minimum Gasteiger partial charge on any atom is -0.354 e. The van der Waals surface area contributed by atoms with Crippen LogP contribution in [0.4, 0.5) is 0 Å². The highest BCUT2D eigenvalue weighted by Crippen LogP contribution is 2.42. The Morgan fingerprint density at radius 1 is 1.16 bits per heavy atom. The third-order valence-electron chi connectivity index (χ3n) is 4.63. The Bertz CT molecular complexity index is 301. The minimum atomic E-state index is -0.308. The molecule has 0 bridgehead atoms. The largest absolute Gasteiger partial charge is 0.354 e. The van der Waals surface area contributed by atoms with Gasteiger partial charge in [-0.05, 0) is 44.9 Å². The summed E-state index contributed by atoms with van der Waals surface area (Å²) < 4.78 is 0. The number of hydrogen-bond donors (Lipinski definition) is 2. The number of nitrogens with two attached hydrogens (primary N) is 1. The molecule has 0 aromatic carbocycles. The van der Waals surface area contributed by atoms with E-state index in [1.165, 1.54) is 32.1 Å². The van der Waals surface area contributed by atoms with Crippen molar-refractivity contribution in [2.24, 2.45) is 23.5 Å². The van der Waals surface area contributed by atoms with E-state index in [-0.39, 0.29) is 29.8 Å². The maximum Gasteiger partial charge on any atom is 0.223 e. The number of rotatable bonds is 3. The van der Waals surface area contributed by atoms with Gasteiger partial charge in [0.2, 0.25) is 5.91 Å². The van der Waals surface area contributed by atoms with E-state index in [1.54, 1.807) is 0 Å². The number of carbonyl (C=O) groups excluding carboxylic acids is 1. The number of hydrogen-bond acceptors (Lipinski definition) is 2. The van der Waals surface area contributed by atoms with Crippen LogP contribution in [0, 0.1) is 17.8 Å². The Balaban J connectivity index is 0.00000180. The third kappa shape index (κ3) is 4.96. The topological polar surface area (TPSA) is 55.1 Å². The van der Waals surface area contributed by atoms with Crippen LogP contribution in [0.15, 0.2) is 0 Å². The Kier molecular flexibility index (Phi) is 6.13. The van der Waals surface area contributed by atoms with Crippen LogP contribution in [0.1, 0.15) is 58.8 Å². The zero-order valence-electron chi connectivity index (χ0n) is 12.3. The van der Waals surface area contributed by atoms with Crippen molar-refractivity contribution < 1.29 is 4.79 Å². The molecule has 0 aromatic heterocycles. The molecule has 3 N–H and O–H groups in total. The Morgan fingerprint density at radius 2 is 1.79 bits per heavy atom. The molecule has 19 heavy (non-hydrogen) atoms. The zero-order valence-corrected chi connectivity index (χ0v) is 13.1. The molecular formula is C15H29ClN2O. The standard InChI is InChI=1S/C15H28N2O.ClH/c1-15(2,16)10-17-14(18)13-8-7-11-5-3-4-6-12(11)9-13;/h11-13H,3-10,16H2,1-2H3,(H,17,18);1H. The average Bonchev–Trinajstić information content (AvgIpc) is 2.34. The number of fused-ring (bicyclic) bond motifs is 1. The lowest BCUT2D eigenvalue weighted by atomic mass is 9.67. The maximum atomic E-state index is 12.2. The first-order valence-corrected chi connectivity index (χ1v) is 7.52. The van der Waals surface area contributed by atoms with Gasteiger partial charge in [0, 0.05) is 18.0 Å². The quantitative estimate of drug-likeness (QED) is 0.839. The molecule has 0 aliphatic heterocycles. The SMILES string of the molecule is CC(C)(N)CNC(=O)C1CCC2CCCCC2C1.Cl. The molecule has 3 unspecified atom stereocenters. The van der Waals surface area contributed by atoms with Crippen molar-refractivity contribution in [3.8, 4) is 0 Å². The van der Waals surface area contributed by atoms with Crippen molar-refractivity contribution in [2.45, 2.75) is 64.3 Å². The third-order valence-corrected chi connectivity index (χ3v) is 4.63. The number of nitrogens with one attached hydrogen (secondary N) is 1. The van der Waals surface area contributed by atoms with Gasteiger partial charge < -0.3 is 11.1 Å². The van der Waals surface area contributed by atoms with E-state index in [0.29, 0.717) is 6.54 Å². The number of halogens is 1. The smallest absolute Gasteiger partial charge is 0.223 e. The van der Waals surface area contributed by atoms with Crippen molar-refractivity contribution in [3.05, 3.63) is 0 Å². The first-order chi connectivity index (χ1) is 8.46. The molecule has 0 spiro atoms. The lowest BCUT2D eigenvalue weighted by Gasteiger charge is -2.39. The van der Waals surface area contributed by atoms with E-state index >= 15 is 0 Å². The van der Waals surface area contributed by atoms with Gasteiger partial charge in [-0.2, -0.15) is 0 Å². The van der Waals surface area contributed by atoms with Gasteiger partial charge in [-0.1, -0.05) is 25.7 Å². The van der Waals surface area contributed by atoms with Crippen LogP contribution < -0.4 is 11.1 Å². The number of carbonyl (C=O) groups is 1. The fourth-order valence-electron chi connectivity index (χ4n) is 3.57. The van der Waals surface area contributed by atoms with Gasteiger partial charge in [-0.15, -0.1) is 12.4 Å². The van der Waals surface area contributed by atoms with E-state index in [0.717, 1.165) is 24.7 Å². The lowest BCUT2D eigenvalue weighted by Crippen LogP contribution is -2.47. The fraction of sp³-hybridized carbons (Fsp3) is 0.933. The van der Waals surface area contributed by atoms with Crippen LogP contribution in [-0.4, -0.2) is 18.0 Å². The fourth-order valence-corrected chi connectivity index (χ4v) is 3.57. The van der Waals surface area contributed by atoms with E-state index in [2.05, 4.69) is 5.32 Å².